The van der Waals surface area contributed by atoms with Gasteiger partial charge in [0.25, 0.3) is 0 Å². The van der Waals surface area contributed by atoms with E-state index in [1.165, 1.54) is 0 Å². The fraction of sp³-hybridized carbons (Fsp3) is 0.267. The first-order valence-electron chi connectivity index (χ1n) is 6.27. The van der Waals surface area contributed by atoms with Crippen LogP contribution in [0.4, 0.5) is 0 Å². The maximum atomic E-state index is 6.08. The number of pyridine rings is 1. The van der Waals surface area contributed by atoms with Gasteiger partial charge in [0.2, 0.25) is 0 Å². The molecule has 0 fully saturated rings. The zero-order valence-electron chi connectivity index (χ0n) is 11.5. The van der Waals surface area contributed by atoms with E-state index in [9.17, 15) is 0 Å². The highest BCUT2D eigenvalue weighted by molar-refractivity contribution is 6.30. The van der Waals surface area contributed by atoms with Gasteiger partial charge in [-0.3, -0.25) is 4.98 Å². The van der Waals surface area contributed by atoms with E-state index in [1.54, 1.807) is 25.6 Å². The zero-order valence-corrected chi connectivity index (χ0v) is 12.3. The summed E-state index contributed by atoms with van der Waals surface area (Å²) in [6.07, 6.45) is 3.51. The Balaban J connectivity index is 2.24. The Morgan fingerprint density at radius 1 is 1.35 bits per heavy atom. The minimum atomic E-state index is 0.433. The fourth-order valence-corrected chi connectivity index (χ4v) is 2.13. The molecule has 1 N–H and O–H groups in total. The predicted molar refractivity (Wildman–Crippen MR) is 79.3 cm³/mol. The van der Waals surface area contributed by atoms with Gasteiger partial charge < -0.3 is 14.8 Å². The van der Waals surface area contributed by atoms with Crippen molar-refractivity contribution in [2.75, 3.05) is 14.2 Å². The van der Waals surface area contributed by atoms with Crippen LogP contribution in [0.15, 0.2) is 36.7 Å². The van der Waals surface area contributed by atoms with Crippen LogP contribution in [0.25, 0.3) is 0 Å². The van der Waals surface area contributed by atoms with Gasteiger partial charge in [0, 0.05) is 41.2 Å². The highest BCUT2D eigenvalue weighted by Gasteiger charge is 2.12. The van der Waals surface area contributed by atoms with E-state index < -0.39 is 0 Å². The van der Waals surface area contributed by atoms with E-state index in [0.29, 0.717) is 29.7 Å². The highest BCUT2D eigenvalue weighted by Crippen LogP contribution is 2.35. The summed E-state index contributed by atoms with van der Waals surface area (Å²) in [6.45, 7) is 1.09. The van der Waals surface area contributed by atoms with Gasteiger partial charge in [-0.05, 0) is 19.2 Å². The van der Waals surface area contributed by atoms with Crippen LogP contribution in [0.3, 0.4) is 0 Å². The molecule has 0 bridgehead atoms. The van der Waals surface area contributed by atoms with Crippen LogP contribution in [0, 0.1) is 0 Å². The topological polar surface area (TPSA) is 43.4 Å². The molecule has 20 heavy (non-hydrogen) atoms. The lowest BCUT2D eigenvalue weighted by atomic mass is 10.2. The lowest BCUT2D eigenvalue weighted by molar-refractivity contribution is 0.280. The third-order valence-corrected chi connectivity index (χ3v) is 3.01. The molecule has 0 saturated heterocycles. The monoisotopic (exact) mass is 292 g/mol. The van der Waals surface area contributed by atoms with E-state index in [0.717, 1.165) is 11.1 Å². The predicted octanol–water partition coefficient (Wildman–Crippen LogP) is 3.04. The molecular weight excluding hydrogens is 276 g/mol. The molecular formula is C15H17ClN2O2. The highest BCUT2D eigenvalue weighted by atomic mass is 35.5. The van der Waals surface area contributed by atoms with Crippen LogP contribution in [0.2, 0.25) is 5.02 Å². The first-order chi connectivity index (χ1) is 9.74. The van der Waals surface area contributed by atoms with Crippen molar-refractivity contribution in [2.24, 2.45) is 0 Å². The van der Waals surface area contributed by atoms with E-state index in [-0.39, 0.29) is 0 Å². The summed E-state index contributed by atoms with van der Waals surface area (Å²) in [5, 5.41) is 3.72. The minimum absolute atomic E-state index is 0.433. The quantitative estimate of drug-likeness (QED) is 0.889. The number of benzene rings is 1. The Kier molecular flexibility index (Phi) is 5.21. The lowest BCUT2D eigenvalue weighted by Crippen LogP contribution is -2.08. The van der Waals surface area contributed by atoms with Crippen molar-refractivity contribution in [3.63, 3.8) is 0 Å². The van der Waals surface area contributed by atoms with Gasteiger partial charge in [0.15, 0.2) is 11.5 Å². The average Bonchev–Trinajstić information content (AvgIpc) is 2.47. The molecule has 0 aliphatic carbocycles. The van der Waals surface area contributed by atoms with E-state index in [1.807, 2.05) is 25.2 Å². The Hall–Kier alpha value is -1.78. The molecule has 2 rings (SSSR count). The van der Waals surface area contributed by atoms with E-state index >= 15 is 0 Å². The summed E-state index contributed by atoms with van der Waals surface area (Å²) < 4.78 is 11.2. The van der Waals surface area contributed by atoms with Crippen LogP contribution < -0.4 is 14.8 Å². The van der Waals surface area contributed by atoms with E-state index in [2.05, 4.69) is 10.3 Å². The maximum Gasteiger partial charge on any atom is 0.166 e. The van der Waals surface area contributed by atoms with Gasteiger partial charge in [0.05, 0.1) is 7.11 Å². The average molecular weight is 293 g/mol. The van der Waals surface area contributed by atoms with Gasteiger partial charge >= 0.3 is 0 Å². The SMILES string of the molecule is CNCc1cc(Cl)cc(OC)c1OCc1cccnc1. The van der Waals surface area contributed by atoms with Crippen molar-refractivity contribution in [3.05, 3.63) is 52.8 Å². The maximum absolute atomic E-state index is 6.08. The summed E-state index contributed by atoms with van der Waals surface area (Å²) in [5.74, 6) is 1.33. The third kappa shape index (κ3) is 3.62. The number of aromatic nitrogens is 1. The molecule has 0 spiro atoms. The fourth-order valence-electron chi connectivity index (χ4n) is 1.90. The molecule has 0 saturated carbocycles. The van der Waals surface area contributed by atoms with Gasteiger partial charge in [-0.25, -0.2) is 0 Å². The van der Waals surface area contributed by atoms with Crippen molar-refractivity contribution in [2.45, 2.75) is 13.2 Å². The number of nitrogens with one attached hydrogen (secondary N) is 1. The van der Waals surface area contributed by atoms with Crippen molar-refractivity contribution in [1.29, 1.82) is 0 Å². The summed E-state index contributed by atoms with van der Waals surface area (Å²) in [5.41, 5.74) is 1.96. The van der Waals surface area contributed by atoms with Crippen molar-refractivity contribution in [1.82, 2.24) is 10.3 Å². The number of hydrogen-bond donors (Lipinski definition) is 1. The zero-order chi connectivity index (χ0) is 14.4. The molecule has 4 nitrogen and oxygen atoms in total. The molecule has 0 aliphatic rings. The van der Waals surface area contributed by atoms with Crippen LogP contribution in [-0.4, -0.2) is 19.1 Å². The van der Waals surface area contributed by atoms with Crippen LogP contribution in [-0.2, 0) is 13.2 Å². The van der Waals surface area contributed by atoms with Crippen molar-refractivity contribution < 1.29 is 9.47 Å². The van der Waals surface area contributed by atoms with Gasteiger partial charge in [-0.2, -0.15) is 0 Å². The molecule has 0 atom stereocenters. The second-order valence-electron chi connectivity index (χ2n) is 4.28. The normalized spacial score (nSPS) is 10.3. The van der Waals surface area contributed by atoms with Crippen LogP contribution in [0.1, 0.15) is 11.1 Å². The molecule has 1 aromatic heterocycles. The number of methoxy groups -OCH3 is 1. The summed E-state index contributed by atoms with van der Waals surface area (Å²) >= 11 is 6.08. The smallest absolute Gasteiger partial charge is 0.166 e. The standard InChI is InChI=1S/C15H17ClN2O2/c1-17-9-12-6-13(16)7-14(19-2)15(12)20-10-11-4-3-5-18-8-11/h3-8,17H,9-10H2,1-2H3. The van der Waals surface area contributed by atoms with Crippen molar-refractivity contribution >= 4 is 11.6 Å². The van der Waals surface area contributed by atoms with Crippen LogP contribution >= 0.6 is 11.6 Å². The number of rotatable bonds is 6. The molecule has 106 valence electrons. The first kappa shape index (κ1) is 14.6. The molecule has 1 aromatic carbocycles. The Morgan fingerprint density at radius 2 is 2.20 bits per heavy atom. The molecule has 0 aliphatic heterocycles. The molecule has 5 heteroatoms. The molecule has 0 radical (unpaired) electrons. The number of halogens is 1. The van der Waals surface area contributed by atoms with Gasteiger partial charge in [-0.15, -0.1) is 0 Å². The number of hydrogen-bond acceptors (Lipinski definition) is 4. The molecule has 2 aromatic rings. The second kappa shape index (κ2) is 7.12. The lowest BCUT2D eigenvalue weighted by Gasteiger charge is -2.15. The summed E-state index contributed by atoms with van der Waals surface area (Å²) in [6, 6.07) is 7.47. The molecule has 1 heterocycles. The molecule has 0 unspecified atom stereocenters. The summed E-state index contributed by atoms with van der Waals surface area (Å²) in [7, 11) is 3.48. The van der Waals surface area contributed by atoms with Gasteiger partial charge in [-0.1, -0.05) is 17.7 Å². The molecule has 0 amide bonds. The number of ether oxygens (including phenoxy) is 2. The Bertz CT molecular complexity index is 561. The van der Waals surface area contributed by atoms with Crippen molar-refractivity contribution in [3.8, 4) is 11.5 Å². The summed E-state index contributed by atoms with van der Waals surface area (Å²) in [4.78, 5) is 4.07. The minimum Gasteiger partial charge on any atom is -0.493 e. The third-order valence-electron chi connectivity index (χ3n) is 2.79. The van der Waals surface area contributed by atoms with Crippen LogP contribution in [0.5, 0.6) is 11.5 Å². The Morgan fingerprint density at radius 3 is 2.85 bits per heavy atom. The largest absolute Gasteiger partial charge is 0.493 e. The Labute approximate surface area is 123 Å². The second-order valence-corrected chi connectivity index (χ2v) is 4.71. The number of nitrogens with zero attached hydrogens (tertiary/aromatic N) is 1. The van der Waals surface area contributed by atoms with E-state index in [4.69, 9.17) is 21.1 Å². The van der Waals surface area contributed by atoms with Gasteiger partial charge in [0.1, 0.15) is 6.61 Å². The first-order valence-corrected chi connectivity index (χ1v) is 6.65.